The van der Waals surface area contributed by atoms with Crippen molar-refractivity contribution in [1.82, 2.24) is 10.6 Å². The van der Waals surface area contributed by atoms with Crippen LogP contribution in [0.3, 0.4) is 0 Å². The molecule has 2 amide bonds. The molecule has 104 valence electrons. The average molecular weight is 260 g/mol. The molecule has 0 heterocycles. The van der Waals surface area contributed by atoms with Crippen LogP contribution in [0.2, 0.25) is 0 Å². The van der Waals surface area contributed by atoms with Gasteiger partial charge in [-0.1, -0.05) is 25.1 Å². The van der Waals surface area contributed by atoms with Crippen LogP contribution in [0.1, 0.15) is 48.8 Å². The van der Waals surface area contributed by atoms with E-state index >= 15 is 0 Å². The van der Waals surface area contributed by atoms with Crippen molar-refractivity contribution in [3.63, 3.8) is 0 Å². The Morgan fingerprint density at radius 1 is 1.42 bits per heavy atom. The van der Waals surface area contributed by atoms with Crippen molar-refractivity contribution in [3.8, 4) is 0 Å². The summed E-state index contributed by atoms with van der Waals surface area (Å²) in [6.07, 6.45) is 5.85. The molecule has 2 rings (SSSR count). The van der Waals surface area contributed by atoms with Crippen LogP contribution >= 0.6 is 0 Å². The molecule has 0 bridgehead atoms. The number of amides is 2. The molecule has 1 atom stereocenters. The molecule has 1 aliphatic rings. The van der Waals surface area contributed by atoms with E-state index in [1.54, 1.807) is 7.05 Å². The van der Waals surface area contributed by atoms with Crippen LogP contribution in [-0.4, -0.2) is 19.6 Å². The first-order valence-electron chi connectivity index (χ1n) is 7.32. The molecule has 0 saturated carbocycles. The molecule has 3 heteroatoms. The first-order valence-corrected chi connectivity index (χ1v) is 7.32. The van der Waals surface area contributed by atoms with E-state index in [0.717, 1.165) is 19.4 Å². The van der Waals surface area contributed by atoms with Gasteiger partial charge in [0.05, 0.1) is 0 Å². The number of urea groups is 1. The van der Waals surface area contributed by atoms with E-state index in [1.807, 2.05) is 0 Å². The number of rotatable bonds is 4. The average Bonchev–Trinajstić information content (AvgIpc) is 2.46. The maximum atomic E-state index is 11.2. The van der Waals surface area contributed by atoms with E-state index < -0.39 is 0 Å². The fourth-order valence-corrected chi connectivity index (χ4v) is 2.91. The molecule has 0 aromatic heterocycles. The molecule has 0 fully saturated rings. The number of nitrogens with one attached hydrogen (secondary N) is 2. The Balaban J connectivity index is 2.02. The molecule has 1 unspecified atom stereocenters. The van der Waals surface area contributed by atoms with Gasteiger partial charge in [0.1, 0.15) is 0 Å². The van der Waals surface area contributed by atoms with Gasteiger partial charge in [-0.2, -0.15) is 0 Å². The van der Waals surface area contributed by atoms with Gasteiger partial charge in [-0.25, -0.2) is 4.79 Å². The van der Waals surface area contributed by atoms with E-state index in [0.29, 0.717) is 5.92 Å². The molecule has 0 spiro atoms. The second-order valence-electron chi connectivity index (χ2n) is 5.27. The van der Waals surface area contributed by atoms with Crippen LogP contribution in [0.5, 0.6) is 0 Å². The van der Waals surface area contributed by atoms with Crippen molar-refractivity contribution in [2.75, 3.05) is 13.6 Å². The van der Waals surface area contributed by atoms with E-state index in [-0.39, 0.29) is 6.03 Å². The highest BCUT2D eigenvalue weighted by Gasteiger charge is 2.20. The van der Waals surface area contributed by atoms with Gasteiger partial charge < -0.3 is 10.6 Å². The Bertz CT molecular complexity index is 442. The molecule has 0 aliphatic heterocycles. The SMILES string of the molecule is CCc1ccc2c(c1)C(CCNC(=O)NC)CCC2. The maximum Gasteiger partial charge on any atom is 0.314 e. The molecule has 2 N–H and O–H groups in total. The standard InChI is InChI=1S/C16H24N2O/c1-3-12-7-8-13-5-4-6-14(15(13)11-12)9-10-18-16(19)17-2/h7-8,11,14H,3-6,9-10H2,1-2H3,(H2,17,18,19). The van der Waals surface area contributed by atoms with Crippen LogP contribution in [0.15, 0.2) is 18.2 Å². The van der Waals surface area contributed by atoms with Gasteiger partial charge in [-0.05, 0) is 54.7 Å². The Hall–Kier alpha value is -1.51. The lowest BCUT2D eigenvalue weighted by molar-refractivity contribution is 0.242. The van der Waals surface area contributed by atoms with Crippen LogP contribution in [0.25, 0.3) is 0 Å². The highest BCUT2D eigenvalue weighted by atomic mass is 16.2. The summed E-state index contributed by atoms with van der Waals surface area (Å²) in [6, 6.07) is 6.84. The summed E-state index contributed by atoms with van der Waals surface area (Å²) in [5.74, 6) is 0.604. The Kier molecular flexibility index (Phi) is 4.83. The van der Waals surface area contributed by atoms with Gasteiger partial charge in [-0.15, -0.1) is 0 Å². The minimum atomic E-state index is -0.0849. The lowest BCUT2D eigenvalue weighted by atomic mass is 9.80. The molecule has 19 heavy (non-hydrogen) atoms. The van der Waals surface area contributed by atoms with Crippen molar-refractivity contribution < 1.29 is 4.79 Å². The molecule has 1 aromatic carbocycles. The Morgan fingerprint density at radius 3 is 3.00 bits per heavy atom. The number of hydrogen-bond acceptors (Lipinski definition) is 1. The topological polar surface area (TPSA) is 41.1 Å². The Morgan fingerprint density at radius 2 is 2.26 bits per heavy atom. The lowest BCUT2D eigenvalue weighted by Gasteiger charge is -2.26. The monoisotopic (exact) mass is 260 g/mol. The van der Waals surface area contributed by atoms with Gasteiger partial charge >= 0.3 is 6.03 Å². The van der Waals surface area contributed by atoms with Crippen LogP contribution in [0, 0.1) is 0 Å². The van der Waals surface area contributed by atoms with Gasteiger partial charge in [0.2, 0.25) is 0 Å². The van der Waals surface area contributed by atoms with Crippen molar-refractivity contribution in [2.45, 2.75) is 44.9 Å². The zero-order valence-electron chi connectivity index (χ0n) is 12.0. The second kappa shape index (κ2) is 6.60. The number of carbonyl (C=O) groups excluding carboxylic acids is 1. The summed E-state index contributed by atoms with van der Waals surface area (Å²) < 4.78 is 0. The summed E-state index contributed by atoms with van der Waals surface area (Å²) in [5, 5.41) is 5.48. The van der Waals surface area contributed by atoms with Crippen LogP contribution in [0.4, 0.5) is 4.79 Å². The van der Waals surface area contributed by atoms with E-state index in [4.69, 9.17) is 0 Å². The normalized spacial score (nSPS) is 17.7. The van der Waals surface area contributed by atoms with Crippen molar-refractivity contribution >= 4 is 6.03 Å². The zero-order valence-corrected chi connectivity index (χ0v) is 12.0. The van der Waals surface area contributed by atoms with E-state index in [1.165, 1.54) is 36.0 Å². The number of benzene rings is 1. The lowest BCUT2D eigenvalue weighted by Crippen LogP contribution is -2.34. The predicted molar refractivity (Wildman–Crippen MR) is 78.6 cm³/mol. The summed E-state index contributed by atoms with van der Waals surface area (Å²) in [6.45, 7) is 2.95. The third-order valence-corrected chi connectivity index (χ3v) is 4.06. The fourth-order valence-electron chi connectivity index (χ4n) is 2.91. The summed E-state index contributed by atoms with van der Waals surface area (Å²) in [5.41, 5.74) is 4.45. The van der Waals surface area contributed by atoms with Crippen molar-refractivity contribution in [3.05, 3.63) is 34.9 Å². The van der Waals surface area contributed by atoms with E-state index in [2.05, 4.69) is 35.8 Å². The third kappa shape index (κ3) is 3.49. The third-order valence-electron chi connectivity index (χ3n) is 4.06. The van der Waals surface area contributed by atoms with Crippen molar-refractivity contribution in [2.24, 2.45) is 0 Å². The molecule has 0 radical (unpaired) electrons. The van der Waals surface area contributed by atoms with Crippen LogP contribution < -0.4 is 10.6 Å². The molecular formula is C16H24N2O. The number of aryl methyl sites for hydroxylation is 2. The zero-order chi connectivity index (χ0) is 13.7. The highest BCUT2D eigenvalue weighted by molar-refractivity contribution is 5.73. The van der Waals surface area contributed by atoms with Gasteiger partial charge in [0, 0.05) is 13.6 Å². The first kappa shape index (κ1) is 13.9. The first-order chi connectivity index (χ1) is 9.24. The summed E-state index contributed by atoms with van der Waals surface area (Å²) in [7, 11) is 1.65. The molecule has 1 aromatic rings. The van der Waals surface area contributed by atoms with Gasteiger partial charge in [-0.3, -0.25) is 0 Å². The van der Waals surface area contributed by atoms with Crippen molar-refractivity contribution in [1.29, 1.82) is 0 Å². The summed E-state index contributed by atoms with van der Waals surface area (Å²) >= 11 is 0. The fraction of sp³-hybridized carbons (Fsp3) is 0.562. The number of fused-ring (bicyclic) bond motifs is 1. The Labute approximate surface area is 115 Å². The molecule has 3 nitrogen and oxygen atoms in total. The van der Waals surface area contributed by atoms with Gasteiger partial charge in [0.25, 0.3) is 0 Å². The number of hydrogen-bond donors (Lipinski definition) is 2. The van der Waals surface area contributed by atoms with E-state index in [9.17, 15) is 4.79 Å². The molecular weight excluding hydrogens is 236 g/mol. The smallest absolute Gasteiger partial charge is 0.314 e. The molecule has 0 saturated heterocycles. The molecule has 1 aliphatic carbocycles. The minimum absolute atomic E-state index is 0.0849. The largest absolute Gasteiger partial charge is 0.341 e. The maximum absolute atomic E-state index is 11.2. The van der Waals surface area contributed by atoms with Crippen LogP contribution in [-0.2, 0) is 12.8 Å². The highest BCUT2D eigenvalue weighted by Crippen LogP contribution is 2.34. The summed E-state index contributed by atoms with van der Waals surface area (Å²) in [4.78, 5) is 11.2. The quantitative estimate of drug-likeness (QED) is 0.858. The predicted octanol–water partition coefficient (Wildman–Crippen LogP) is 2.99. The van der Waals surface area contributed by atoms with Gasteiger partial charge in [0.15, 0.2) is 0 Å². The second-order valence-corrected chi connectivity index (χ2v) is 5.27. The number of carbonyl (C=O) groups is 1. The minimum Gasteiger partial charge on any atom is -0.341 e.